The third-order valence-electron chi connectivity index (χ3n) is 3.06. The Bertz CT molecular complexity index is 700. The van der Waals surface area contributed by atoms with E-state index in [0.717, 1.165) is 11.1 Å². The molecule has 0 amide bonds. The van der Waals surface area contributed by atoms with Crippen molar-refractivity contribution in [1.82, 2.24) is 4.72 Å². The van der Waals surface area contributed by atoms with Crippen LogP contribution in [-0.2, 0) is 23.1 Å². The number of methoxy groups -OCH3 is 1. The van der Waals surface area contributed by atoms with Crippen molar-refractivity contribution in [1.29, 1.82) is 0 Å². The van der Waals surface area contributed by atoms with Gasteiger partial charge >= 0.3 is 0 Å². The van der Waals surface area contributed by atoms with Gasteiger partial charge in [0.2, 0.25) is 10.0 Å². The second-order valence-electron chi connectivity index (χ2n) is 4.50. The van der Waals surface area contributed by atoms with E-state index in [9.17, 15) is 8.42 Å². The Kier molecular flexibility index (Phi) is 4.95. The molecule has 0 unspecified atom stereocenters. The van der Waals surface area contributed by atoms with Gasteiger partial charge in [-0.2, -0.15) is 0 Å². The summed E-state index contributed by atoms with van der Waals surface area (Å²) in [5, 5.41) is 0. The van der Waals surface area contributed by atoms with E-state index in [1.807, 2.05) is 30.3 Å². The first-order chi connectivity index (χ1) is 10.1. The highest BCUT2D eigenvalue weighted by Gasteiger charge is 2.19. The molecule has 3 N–H and O–H groups in total. The minimum atomic E-state index is -3.64. The van der Waals surface area contributed by atoms with Gasteiger partial charge in [-0.25, -0.2) is 13.1 Å². The highest BCUT2D eigenvalue weighted by Crippen LogP contribution is 2.24. The van der Waals surface area contributed by atoms with Crippen molar-refractivity contribution in [2.24, 2.45) is 5.73 Å². The molecule has 5 nitrogen and oxygen atoms in total. The second kappa shape index (κ2) is 6.71. The van der Waals surface area contributed by atoms with E-state index < -0.39 is 10.0 Å². The Morgan fingerprint density at radius 2 is 1.81 bits per heavy atom. The Morgan fingerprint density at radius 3 is 2.43 bits per heavy atom. The fraction of sp³-hybridized carbons (Fsp3) is 0.200. The largest absolute Gasteiger partial charge is 0.495 e. The summed E-state index contributed by atoms with van der Waals surface area (Å²) in [6, 6.07) is 14.1. The molecule has 21 heavy (non-hydrogen) atoms. The molecule has 0 fully saturated rings. The molecule has 0 bridgehead atoms. The minimum absolute atomic E-state index is 0.109. The van der Waals surface area contributed by atoms with E-state index in [4.69, 9.17) is 10.5 Å². The van der Waals surface area contributed by atoms with Crippen molar-refractivity contribution in [3.8, 4) is 5.75 Å². The van der Waals surface area contributed by atoms with Crippen LogP contribution in [0, 0.1) is 0 Å². The summed E-state index contributed by atoms with van der Waals surface area (Å²) >= 11 is 0. The predicted molar refractivity (Wildman–Crippen MR) is 81.4 cm³/mol. The normalized spacial score (nSPS) is 11.3. The van der Waals surface area contributed by atoms with Crippen molar-refractivity contribution in [3.05, 3.63) is 59.7 Å². The van der Waals surface area contributed by atoms with Crippen LogP contribution < -0.4 is 15.2 Å². The molecule has 0 saturated carbocycles. The lowest BCUT2D eigenvalue weighted by atomic mass is 10.2. The molecule has 2 aromatic carbocycles. The van der Waals surface area contributed by atoms with E-state index in [-0.39, 0.29) is 11.4 Å². The van der Waals surface area contributed by atoms with E-state index in [2.05, 4.69) is 4.72 Å². The molecule has 0 atom stereocenters. The summed E-state index contributed by atoms with van der Waals surface area (Å²) in [5.41, 5.74) is 7.25. The van der Waals surface area contributed by atoms with Gasteiger partial charge in [-0.1, -0.05) is 36.4 Å². The van der Waals surface area contributed by atoms with Crippen LogP contribution in [0.15, 0.2) is 53.4 Å². The van der Waals surface area contributed by atoms with Crippen LogP contribution in [0.4, 0.5) is 0 Å². The zero-order valence-electron chi connectivity index (χ0n) is 11.7. The van der Waals surface area contributed by atoms with Gasteiger partial charge < -0.3 is 10.5 Å². The molecule has 112 valence electrons. The Balaban J connectivity index is 2.23. The predicted octanol–water partition coefficient (Wildman–Crippen LogP) is 1.63. The van der Waals surface area contributed by atoms with Gasteiger partial charge in [0.25, 0.3) is 0 Å². The van der Waals surface area contributed by atoms with Crippen molar-refractivity contribution >= 4 is 10.0 Å². The molecule has 6 heteroatoms. The standard InChI is InChI=1S/C15H18N2O3S/c1-20-14-9-13(10-16)7-8-15(14)21(18,19)17-11-12-5-3-2-4-6-12/h2-9,17H,10-11,16H2,1H3. The quantitative estimate of drug-likeness (QED) is 0.850. The smallest absolute Gasteiger partial charge is 0.244 e. The van der Waals surface area contributed by atoms with Crippen LogP contribution in [-0.4, -0.2) is 15.5 Å². The maximum absolute atomic E-state index is 12.4. The topological polar surface area (TPSA) is 81.4 Å². The van der Waals surface area contributed by atoms with Gasteiger partial charge in [-0.05, 0) is 23.3 Å². The number of nitrogens with one attached hydrogen (secondary N) is 1. The van der Waals surface area contributed by atoms with Crippen LogP contribution >= 0.6 is 0 Å². The Labute approximate surface area is 124 Å². The van der Waals surface area contributed by atoms with E-state index >= 15 is 0 Å². The molecule has 0 aliphatic heterocycles. The van der Waals surface area contributed by atoms with Crippen LogP contribution in [0.5, 0.6) is 5.75 Å². The monoisotopic (exact) mass is 306 g/mol. The van der Waals surface area contributed by atoms with Crippen molar-refractivity contribution in [2.75, 3.05) is 7.11 Å². The number of nitrogens with two attached hydrogens (primary N) is 1. The molecule has 0 aliphatic carbocycles. The number of rotatable bonds is 6. The molecule has 2 aromatic rings. The number of benzene rings is 2. The number of hydrogen-bond acceptors (Lipinski definition) is 4. The van der Waals surface area contributed by atoms with Gasteiger partial charge in [0.05, 0.1) is 7.11 Å². The zero-order chi connectivity index (χ0) is 15.3. The first kappa shape index (κ1) is 15.5. The van der Waals surface area contributed by atoms with E-state index in [0.29, 0.717) is 12.3 Å². The van der Waals surface area contributed by atoms with Gasteiger partial charge in [0.15, 0.2) is 0 Å². The minimum Gasteiger partial charge on any atom is -0.495 e. The first-order valence-electron chi connectivity index (χ1n) is 6.47. The van der Waals surface area contributed by atoms with Gasteiger partial charge in [-0.3, -0.25) is 0 Å². The fourth-order valence-electron chi connectivity index (χ4n) is 1.91. The Hall–Kier alpha value is -1.89. The summed E-state index contributed by atoms with van der Waals surface area (Å²) in [7, 11) is -2.21. The third-order valence-corrected chi connectivity index (χ3v) is 4.50. The van der Waals surface area contributed by atoms with E-state index in [1.165, 1.54) is 13.2 Å². The van der Waals surface area contributed by atoms with Gasteiger partial charge in [0, 0.05) is 13.1 Å². The van der Waals surface area contributed by atoms with Crippen LogP contribution in [0.3, 0.4) is 0 Å². The Morgan fingerprint density at radius 1 is 1.10 bits per heavy atom. The van der Waals surface area contributed by atoms with Crippen LogP contribution in [0.1, 0.15) is 11.1 Å². The summed E-state index contributed by atoms with van der Waals surface area (Å²) in [6.07, 6.45) is 0. The van der Waals surface area contributed by atoms with E-state index in [1.54, 1.807) is 12.1 Å². The molecule has 2 rings (SSSR count). The molecular weight excluding hydrogens is 288 g/mol. The third kappa shape index (κ3) is 3.81. The highest BCUT2D eigenvalue weighted by molar-refractivity contribution is 7.89. The van der Waals surface area contributed by atoms with Gasteiger partial charge in [-0.15, -0.1) is 0 Å². The summed E-state index contributed by atoms with van der Waals surface area (Å²) < 4.78 is 32.4. The molecule has 0 saturated heterocycles. The zero-order valence-corrected chi connectivity index (χ0v) is 12.6. The summed E-state index contributed by atoms with van der Waals surface area (Å²) in [6.45, 7) is 0.555. The maximum Gasteiger partial charge on any atom is 0.244 e. The lowest BCUT2D eigenvalue weighted by Crippen LogP contribution is -2.23. The lowest BCUT2D eigenvalue weighted by Gasteiger charge is -2.12. The SMILES string of the molecule is COc1cc(CN)ccc1S(=O)(=O)NCc1ccccc1. The average Bonchev–Trinajstić information content (AvgIpc) is 2.53. The van der Waals surface area contributed by atoms with Crippen molar-refractivity contribution < 1.29 is 13.2 Å². The number of sulfonamides is 1. The highest BCUT2D eigenvalue weighted by atomic mass is 32.2. The molecule has 0 heterocycles. The lowest BCUT2D eigenvalue weighted by molar-refractivity contribution is 0.401. The second-order valence-corrected chi connectivity index (χ2v) is 6.23. The molecule has 0 aliphatic rings. The molecule has 0 radical (unpaired) electrons. The maximum atomic E-state index is 12.4. The number of ether oxygens (including phenoxy) is 1. The molecule has 0 aromatic heterocycles. The molecular formula is C15H18N2O3S. The average molecular weight is 306 g/mol. The van der Waals surface area contributed by atoms with Crippen molar-refractivity contribution in [3.63, 3.8) is 0 Å². The van der Waals surface area contributed by atoms with Crippen LogP contribution in [0.25, 0.3) is 0 Å². The number of hydrogen-bond donors (Lipinski definition) is 2. The summed E-state index contributed by atoms with van der Waals surface area (Å²) in [4.78, 5) is 0.109. The van der Waals surface area contributed by atoms with Crippen molar-refractivity contribution in [2.45, 2.75) is 18.0 Å². The fourth-order valence-corrected chi connectivity index (χ4v) is 3.08. The summed E-state index contributed by atoms with van der Waals surface area (Å²) in [5.74, 6) is 0.290. The molecule has 0 spiro atoms. The van der Waals surface area contributed by atoms with Crippen LogP contribution in [0.2, 0.25) is 0 Å². The first-order valence-corrected chi connectivity index (χ1v) is 7.95. The van der Waals surface area contributed by atoms with Gasteiger partial charge in [0.1, 0.15) is 10.6 Å².